The highest BCUT2D eigenvalue weighted by Gasteiger charge is 2.22. The van der Waals surface area contributed by atoms with E-state index in [0.717, 1.165) is 128 Å². The maximum atomic E-state index is 12.9. The number of nitrogens with zero attached hydrogens (tertiary/aromatic N) is 1. The molecule has 524 valence electrons. The van der Waals surface area contributed by atoms with Crippen LogP contribution in [0.1, 0.15) is 296 Å². The lowest BCUT2D eigenvalue weighted by atomic mass is 10.0. The minimum Gasteiger partial charge on any atom is -0.756 e. The van der Waals surface area contributed by atoms with Gasteiger partial charge in [0.2, 0.25) is 0 Å². The van der Waals surface area contributed by atoms with E-state index in [2.05, 4.69) is 172 Å². The second-order valence-electron chi connectivity index (χ2n) is 25.5. The molecule has 0 saturated heterocycles. The number of esters is 2. The minimum atomic E-state index is -4.65. The molecule has 0 aromatic rings. The van der Waals surface area contributed by atoms with Crippen molar-refractivity contribution in [1.29, 1.82) is 0 Å². The summed E-state index contributed by atoms with van der Waals surface area (Å²) in [6.07, 6.45) is 106. The van der Waals surface area contributed by atoms with Gasteiger partial charge in [0.05, 0.1) is 27.7 Å². The number of phosphoric acid groups is 1. The molecule has 0 spiro atoms. The van der Waals surface area contributed by atoms with Crippen molar-refractivity contribution in [2.75, 3.05) is 47.5 Å². The summed E-state index contributed by atoms with van der Waals surface area (Å²) in [5, 5.41) is 0. The zero-order chi connectivity index (χ0) is 66.9. The van der Waals surface area contributed by atoms with Gasteiger partial charge in [-0.05, 0) is 122 Å². The number of phosphoric ester groups is 1. The maximum absolute atomic E-state index is 12.9. The minimum absolute atomic E-state index is 0.0380. The predicted molar refractivity (Wildman–Crippen MR) is 397 cm³/mol. The highest BCUT2D eigenvalue weighted by Crippen LogP contribution is 2.38. The Morgan fingerprint density at radius 2 is 0.587 bits per heavy atom. The van der Waals surface area contributed by atoms with Crippen LogP contribution in [0, 0.1) is 0 Å². The van der Waals surface area contributed by atoms with Crippen LogP contribution in [-0.4, -0.2) is 70.0 Å². The van der Waals surface area contributed by atoms with Crippen molar-refractivity contribution in [3.63, 3.8) is 0 Å². The molecule has 0 aromatic carbocycles. The number of carbonyl (C=O) groups excluding carboxylic acids is 2. The van der Waals surface area contributed by atoms with E-state index >= 15 is 0 Å². The van der Waals surface area contributed by atoms with Gasteiger partial charge in [-0.3, -0.25) is 14.2 Å². The lowest BCUT2D eigenvalue weighted by Crippen LogP contribution is -2.37. The van der Waals surface area contributed by atoms with E-state index in [0.29, 0.717) is 23.9 Å². The summed E-state index contributed by atoms with van der Waals surface area (Å²) in [4.78, 5) is 38.1. The largest absolute Gasteiger partial charge is 0.756 e. The summed E-state index contributed by atoms with van der Waals surface area (Å²) >= 11 is 0. The van der Waals surface area contributed by atoms with Crippen LogP contribution < -0.4 is 4.89 Å². The van der Waals surface area contributed by atoms with E-state index in [9.17, 15) is 19.0 Å². The second-order valence-corrected chi connectivity index (χ2v) is 27.0. The lowest BCUT2D eigenvalue weighted by Gasteiger charge is -2.28. The molecule has 0 aliphatic rings. The molecule has 0 heterocycles. The van der Waals surface area contributed by atoms with E-state index in [1.54, 1.807) is 0 Å². The molecule has 0 aliphatic carbocycles. The molecular formula is C82H138NO8P. The number of rotatable bonds is 67. The van der Waals surface area contributed by atoms with Crippen molar-refractivity contribution in [1.82, 2.24) is 0 Å². The van der Waals surface area contributed by atoms with Crippen molar-refractivity contribution >= 4 is 19.8 Å². The molecular weight excluding hydrogens is 1160 g/mol. The number of unbranched alkanes of at least 4 members (excludes halogenated alkanes) is 27. The smallest absolute Gasteiger partial charge is 0.306 e. The summed E-state index contributed by atoms with van der Waals surface area (Å²) in [6, 6.07) is 0. The summed E-state index contributed by atoms with van der Waals surface area (Å²) < 4.78 is 34.3. The SMILES string of the molecule is CC/C=C\C/C=C\C/C=C\C/C=C\C/C=C\C/C=C\C/C=C\CCCCCCCCCCCCCCCCCCCCCC(=O)OC(COC(=O)CCCCCCCCCC/C=C\C/C=C\C/C=C\C/C=C\C/C=C\C/C=C\CC)COP(=O)([O-])OCC[N+](C)(C)C. The second kappa shape index (κ2) is 70.9. The first-order valence-corrected chi connectivity index (χ1v) is 38.7. The summed E-state index contributed by atoms with van der Waals surface area (Å²) in [6.45, 7) is 4.01. The van der Waals surface area contributed by atoms with Gasteiger partial charge in [0.25, 0.3) is 7.82 Å². The van der Waals surface area contributed by atoms with E-state index < -0.39 is 32.5 Å². The van der Waals surface area contributed by atoms with Crippen molar-refractivity contribution in [3.8, 4) is 0 Å². The van der Waals surface area contributed by atoms with Crippen LogP contribution in [0.5, 0.6) is 0 Å². The van der Waals surface area contributed by atoms with Gasteiger partial charge < -0.3 is 27.9 Å². The van der Waals surface area contributed by atoms with Crippen LogP contribution in [0.4, 0.5) is 0 Å². The van der Waals surface area contributed by atoms with Crippen LogP contribution in [0.2, 0.25) is 0 Å². The van der Waals surface area contributed by atoms with Crippen LogP contribution >= 0.6 is 7.82 Å². The van der Waals surface area contributed by atoms with Crippen molar-refractivity contribution in [2.24, 2.45) is 0 Å². The molecule has 0 N–H and O–H groups in total. The Bertz CT molecular complexity index is 2110. The summed E-state index contributed by atoms with van der Waals surface area (Å²) in [5.41, 5.74) is 0. The molecule has 92 heavy (non-hydrogen) atoms. The standard InChI is InChI=1S/C82H138NO8P/c1-6-8-10-12-14-16-18-20-22-24-26-28-30-32-34-35-36-37-38-39-40-41-42-43-44-45-46-47-49-51-53-55-57-59-61-63-65-67-69-71-73-75-82(85)91-80(79-90-92(86,87)89-77-76-83(3,4)5)78-88-81(84)74-72-70-68-66-64-62-60-58-56-54-52-50-48-33-31-29-27-25-23-21-19-17-15-13-11-9-7-2/h8-11,14-17,20-23,26-29,32-34,36-37,39-40,48,52,54,80H,6-7,12-13,18-19,24-25,30-31,35,38,41-47,49-51,53,55-79H2,1-5H3/b10-8-,11-9-,16-14-,17-15-,22-20-,23-21-,28-26-,29-27-,34-32-,37-36-,40-39-,48-33-,54-52-. The molecule has 10 heteroatoms. The number of allylic oxidation sites excluding steroid dienone is 26. The molecule has 9 nitrogen and oxygen atoms in total. The Morgan fingerprint density at radius 1 is 0.337 bits per heavy atom. The molecule has 0 saturated carbocycles. The molecule has 0 radical (unpaired) electrons. The van der Waals surface area contributed by atoms with Crippen molar-refractivity contribution in [3.05, 3.63) is 158 Å². The molecule has 0 rings (SSSR count). The molecule has 0 fully saturated rings. The quantitative estimate of drug-likeness (QED) is 0.0195. The van der Waals surface area contributed by atoms with Gasteiger partial charge in [-0.15, -0.1) is 0 Å². The van der Waals surface area contributed by atoms with Crippen molar-refractivity contribution < 1.29 is 42.1 Å². The van der Waals surface area contributed by atoms with E-state index in [4.69, 9.17) is 18.5 Å². The topological polar surface area (TPSA) is 111 Å². The van der Waals surface area contributed by atoms with Crippen molar-refractivity contribution in [2.45, 2.75) is 302 Å². The molecule has 0 amide bonds. The first kappa shape index (κ1) is 87.6. The zero-order valence-corrected chi connectivity index (χ0v) is 60.6. The average molecular weight is 1300 g/mol. The molecule has 0 aliphatic heterocycles. The number of hydrogen-bond acceptors (Lipinski definition) is 8. The van der Waals surface area contributed by atoms with E-state index in [-0.39, 0.29) is 26.1 Å². The van der Waals surface area contributed by atoms with Gasteiger partial charge in [0.15, 0.2) is 6.10 Å². The highest BCUT2D eigenvalue weighted by molar-refractivity contribution is 7.45. The number of ether oxygens (including phenoxy) is 2. The fourth-order valence-corrected chi connectivity index (χ4v) is 10.7. The van der Waals surface area contributed by atoms with Gasteiger partial charge in [-0.1, -0.05) is 320 Å². The first-order valence-electron chi connectivity index (χ1n) is 37.2. The normalized spacial score (nSPS) is 14.0. The van der Waals surface area contributed by atoms with Crippen LogP contribution in [0.15, 0.2) is 158 Å². The predicted octanol–water partition coefficient (Wildman–Crippen LogP) is 24.1. The monoisotopic (exact) mass is 1300 g/mol. The fraction of sp³-hybridized carbons (Fsp3) is 0.659. The Kier molecular flexibility index (Phi) is 67.6. The lowest BCUT2D eigenvalue weighted by molar-refractivity contribution is -0.870. The van der Waals surface area contributed by atoms with Crippen LogP contribution in [-0.2, 0) is 32.7 Å². The van der Waals surface area contributed by atoms with Crippen LogP contribution in [0.25, 0.3) is 0 Å². The third-order valence-electron chi connectivity index (χ3n) is 15.5. The fourth-order valence-electron chi connectivity index (χ4n) is 9.94. The Balaban J connectivity index is 4.02. The molecule has 0 bridgehead atoms. The maximum Gasteiger partial charge on any atom is 0.306 e. The van der Waals surface area contributed by atoms with Gasteiger partial charge in [-0.25, -0.2) is 0 Å². The average Bonchev–Trinajstić information content (AvgIpc) is 2.23. The first-order chi connectivity index (χ1) is 45.0. The van der Waals surface area contributed by atoms with Gasteiger partial charge >= 0.3 is 11.9 Å². The number of carbonyl (C=O) groups is 2. The highest BCUT2D eigenvalue weighted by atomic mass is 31.2. The number of hydrogen-bond donors (Lipinski definition) is 0. The van der Waals surface area contributed by atoms with Crippen LogP contribution in [0.3, 0.4) is 0 Å². The van der Waals surface area contributed by atoms with E-state index in [1.807, 2.05) is 21.1 Å². The van der Waals surface area contributed by atoms with E-state index in [1.165, 1.54) is 128 Å². The summed E-state index contributed by atoms with van der Waals surface area (Å²) in [5.74, 6) is -0.842. The number of quaternary nitrogens is 1. The summed E-state index contributed by atoms with van der Waals surface area (Å²) in [7, 11) is 1.15. The molecule has 0 aromatic heterocycles. The van der Waals surface area contributed by atoms with Gasteiger partial charge in [0.1, 0.15) is 19.8 Å². The zero-order valence-electron chi connectivity index (χ0n) is 59.7. The van der Waals surface area contributed by atoms with Gasteiger partial charge in [0, 0.05) is 12.8 Å². The van der Waals surface area contributed by atoms with Gasteiger partial charge in [-0.2, -0.15) is 0 Å². The molecule has 2 atom stereocenters. The Hall–Kier alpha value is -4.37. The third kappa shape index (κ3) is 74.7. The Morgan fingerprint density at radius 3 is 0.870 bits per heavy atom. The Labute approximate surface area is 566 Å². The molecule has 2 unspecified atom stereocenters. The number of likely N-dealkylation sites (N-methyl/N-ethyl adjacent to an activating group) is 1. The third-order valence-corrected chi connectivity index (χ3v) is 16.5.